The van der Waals surface area contributed by atoms with E-state index < -0.39 is 5.97 Å². The highest BCUT2D eigenvalue weighted by Gasteiger charge is 2.08. The summed E-state index contributed by atoms with van der Waals surface area (Å²) in [5, 5.41) is 16.5. The Morgan fingerprint density at radius 2 is 2.22 bits per heavy atom. The predicted octanol–water partition coefficient (Wildman–Crippen LogP) is 0.141. The smallest absolute Gasteiger partial charge is 0.358 e. The molecule has 0 aliphatic rings. The van der Waals surface area contributed by atoms with Crippen LogP contribution in [0.5, 0.6) is 0 Å². The van der Waals surface area contributed by atoms with Crippen LogP contribution in [0.3, 0.4) is 0 Å². The average Bonchev–Trinajstić information content (AvgIpc) is 2.80. The molecule has 2 heterocycles. The lowest BCUT2D eigenvalue weighted by Crippen LogP contribution is -2.02. The summed E-state index contributed by atoms with van der Waals surface area (Å²) in [5.41, 5.74) is 5.57. The van der Waals surface area contributed by atoms with E-state index in [9.17, 15) is 4.79 Å². The maximum absolute atomic E-state index is 10.6. The summed E-state index contributed by atoms with van der Waals surface area (Å²) in [6, 6.07) is 0. The van der Waals surface area contributed by atoms with Gasteiger partial charge in [0.05, 0.1) is 12.7 Å². The molecule has 0 aliphatic heterocycles. The fourth-order valence-electron chi connectivity index (χ4n) is 1.19. The van der Waals surface area contributed by atoms with Crippen molar-refractivity contribution in [1.82, 2.24) is 25.0 Å². The molecule has 94 valence electrons. The Kier molecular flexibility index (Phi) is 3.72. The molecule has 0 aromatic carbocycles. The number of hydrogen-bond donors (Lipinski definition) is 2. The lowest BCUT2D eigenvalue weighted by Gasteiger charge is -2.02. The largest absolute Gasteiger partial charge is 0.476 e. The van der Waals surface area contributed by atoms with Crippen molar-refractivity contribution in [2.75, 3.05) is 11.5 Å². The number of aromatic carboxylic acids is 1. The summed E-state index contributed by atoms with van der Waals surface area (Å²) < 4.78 is 1.46. The summed E-state index contributed by atoms with van der Waals surface area (Å²) in [7, 11) is 0. The molecular weight excluding hydrogens is 256 g/mol. The first-order valence-electron chi connectivity index (χ1n) is 4.99. The number of aryl methyl sites for hydroxylation is 1. The van der Waals surface area contributed by atoms with Gasteiger partial charge < -0.3 is 10.8 Å². The fourth-order valence-corrected chi connectivity index (χ4v) is 2.00. The van der Waals surface area contributed by atoms with E-state index in [0.29, 0.717) is 23.1 Å². The average molecular weight is 266 g/mol. The Balaban J connectivity index is 1.88. The van der Waals surface area contributed by atoms with Gasteiger partial charge in [-0.15, -0.1) is 16.9 Å². The lowest BCUT2D eigenvalue weighted by atomic mass is 10.5. The third kappa shape index (κ3) is 2.94. The van der Waals surface area contributed by atoms with Gasteiger partial charge in [-0.05, 0) is 0 Å². The van der Waals surface area contributed by atoms with E-state index in [0.717, 1.165) is 0 Å². The van der Waals surface area contributed by atoms with Crippen LogP contribution < -0.4 is 5.73 Å². The highest BCUT2D eigenvalue weighted by molar-refractivity contribution is 7.99. The van der Waals surface area contributed by atoms with Crippen LogP contribution in [-0.4, -0.2) is 41.8 Å². The van der Waals surface area contributed by atoms with E-state index in [1.54, 1.807) is 6.20 Å². The first kappa shape index (κ1) is 12.3. The summed E-state index contributed by atoms with van der Waals surface area (Å²) >= 11 is 1.42. The number of carboxylic acid groups (broad SMARTS) is 1. The van der Waals surface area contributed by atoms with Gasteiger partial charge in [-0.25, -0.2) is 14.8 Å². The van der Waals surface area contributed by atoms with Gasteiger partial charge in [0.1, 0.15) is 5.03 Å². The van der Waals surface area contributed by atoms with Crippen LogP contribution in [0.4, 0.5) is 5.82 Å². The van der Waals surface area contributed by atoms with Gasteiger partial charge in [-0.2, -0.15) is 0 Å². The normalized spacial score (nSPS) is 10.4. The Morgan fingerprint density at radius 3 is 2.89 bits per heavy atom. The number of nitrogen functional groups attached to an aromatic ring is 1. The molecule has 0 saturated carbocycles. The molecule has 0 amide bonds. The van der Waals surface area contributed by atoms with Gasteiger partial charge in [-0.3, -0.25) is 4.68 Å². The SMILES string of the molecule is Nc1nccnc1SCCn1cc(C(=O)O)nn1. The quantitative estimate of drug-likeness (QED) is 0.733. The van der Waals surface area contributed by atoms with E-state index in [4.69, 9.17) is 10.8 Å². The number of nitrogens with two attached hydrogens (primary N) is 1. The highest BCUT2D eigenvalue weighted by atomic mass is 32.2. The van der Waals surface area contributed by atoms with Crippen molar-refractivity contribution >= 4 is 23.5 Å². The summed E-state index contributed by atoms with van der Waals surface area (Å²) in [6.07, 6.45) is 4.47. The first-order chi connectivity index (χ1) is 8.66. The summed E-state index contributed by atoms with van der Waals surface area (Å²) in [5.74, 6) is -0.0647. The van der Waals surface area contributed by atoms with Gasteiger partial charge in [0, 0.05) is 18.1 Å². The summed E-state index contributed by atoms with van der Waals surface area (Å²) in [6.45, 7) is 0.515. The Hall–Kier alpha value is -2.16. The van der Waals surface area contributed by atoms with Crippen LogP contribution in [0.1, 0.15) is 10.5 Å². The number of carbonyl (C=O) groups is 1. The highest BCUT2D eigenvalue weighted by Crippen LogP contribution is 2.19. The molecule has 18 heavy (non-hydrogen) atoms. The second kappa shape index (κ2) is 5.45. The second-order valence-electron chi connectivity index (χ2n) is 3.27. The van der Waals surface area contributed by atoms with Crippen molar-refractivity contribution < 1.29 is 9.90 Å². The zero-order chi connectivity index (χ0) is 13.0. The van der Waals surface area contributed by atoms with Crippen LogP contribution in [0.2, 0.25) is 0 Å². The molecule has 9 heteroatoms. The van der Waals surface area contributed by atoms with Crippen LogP contribution in [0.15, 0.2) is 23.6 Å². The molecule has 0 spiro atoms. The molecule has 0 saturated heterocycles. The van der Waals surface area contributed by atoms with Crippen LogP contribution in [0.25, 0.3) is 0 Å². The number of rotatable bonds is 5. The summed E-state index contributed by atoms with van der Waals surface area (Å²) in [4.78, 5) is 18.6. The first-order valence-corrected chi connectivity index (χ1v) is 5.98. The standard InChI is InChI=1S/C9H10N6O2S/c10-7-8(12-2-1-11-7)18-4-3-15-5-6(9(16)17)13-14-15/h1-2,5H,3-4H2,(H2,10,11)(H,16,17). The van der Waals surface area contributed by atoms with Crippen molar-refractivity contribution in [2.45, 2.75) is 11.6 Å². The minimum atomic E-state index is -1.09. The molecule has 2 aromatic heterocycles. The number of aromatic nitrogens is 5. The van der Waals surface area contributed by atoms with Crippen molar-refractivity contribution in [2.24, 2.45) is 0 Å². The van der Waals surface area contributed by atoms with Crippen LogP contribution in [0, 0.1) is 0 Å². The lowest BCUT2D eigenvalue weighted by molar-refractivity contribution is 0.0690. The molecule has 0 fully saturated rings. The van der Waals surface area contributed by atoms with Crippen molar-refractivity contribution in [1.29, 1.82) is 0 Å². The Morgan fingerprint density at radius 1 is 1.44 bits per heavy atom. The predicted molar refractivity (Wildman–Crippen MR) is 64.1 cm³/mol. The van der Waals surface area contributed by atoms with Gasteiger partial charge in [-0.1, -0.05) is 5.21 Å². The van der Waals surface area contributed by atoms with E-state index in [1.165, 1.54) is 28.8 Å². The number of thioether (sulfide) groups is 1. The number of nitrogens with zero attached hydrogens (tertiary/aromatic N) is 5. The zero-order valence-electron chi connectivity index (χ0n) is 9.22. The maximum atomic E-state index is 10.6. The van der Waals surface area contributed by atoms with Crippen molar-refractivity contribution in [3.8, 4) is 0 Å². The van der Waals surface area contributed by atoms with Crippen LogP contribution >= 0.6 is 11.8 Å². The molecular formula is C9H10N6O2S. The third-order valence-electron chi connectivity index (χ3n) is 2.01. The molecule has 0 aliphatic carbocycles. The topological polar surface area (TPSA) is 120 Å². The molecule has 8 nitrogen and oxygen atoms in total. The van der Waals surface area contributed by atoms with Gasteiger partial charge >= 0.3 is 5.97 Å². The minimum absolute atomic E-state index is 0.0704. The van der Waals surface area contributed by atoms with Gasteiger partial charge in [0.15, 0.2) is 11.5 Å². The third-order valence-corrected chi connectivity index (χ3v) is 2.98. The molecule has 0 unspecified atom stereocenters. The maximum Gasteiger partial charge on any atom is 0.358 e. The molecule has 2 rings (SSSR count). The number of anilines is 1. The van der Waals surface area contributed by atoms with Crippen molar-refractivity contribution in [3.63, 3.8) is 0 Å². The van der Waals surface area contributed by atoms with E-state index >= 15 is 0 Å². The molecule has 2 aromatic rings. The van der Waals surface area contributed by atoms with E-state index in [2.05, 4.69) is 20.3 Å². The molecule has 0 atom stereocenters. The van der Waals surface area contributed by atoms with Gasteiger partial charge in [0.25, 0.3) is 0 Å². The van der Waals surface area contributed by atoms with Crippen molar-refractivity contribution in [3.05, 3.63) is 24.3 Å². The van der Waals surface area contributed by atoms with E-state index in [1.807, 2.05) is 0 Å². The Bertz CT molecular complexity index is 557. The number of carboxylic acids is 1. The van der Waals surface area contributed by atoms with Crippen LogP contribution in [-0.2, 0) is 6.54 Å². The second-order valence-corrected chi connectivity index (χ2v) is 4.35. The number of hydrogen-bond acceptors (Lipinski definition) is 7. The Labute approximate surface area is 106 Å². The molecule has 0 radical (unpaired) electrons. The van der Waals surface area contributed by atoms with Gasteiger partial charge in [0.2, 0.25) is 0 Å². The molecule has 0 bridgehead atoms. The molecule has 3 N–H and O–H groups in total. The monoisotopic (exact) mass is 266 g/mol. The fraction of sp³-hybridized carbons (Fsp3) is 0.222. The minimum Gasteiger partial charge on any atom is -0.476 e. The van der Waals surface area contributed by atoms with E-state index in [-0.39, 0.29) is 5.69 Å². The zero-order valence-corrected chi connectivity index (χ0v) is 10.0.